The lowest BCUT2D eigenvalue weighted by Crippen LogP contribution is -2.47. The maximum absolute atomic E-state index is 12.0. The van der Waals surface area contributed by atoms with Crippen LogP contribution in [0.1, 0.15) is 23.7 Å². The number of fused-ring (bicyclic) bond motifs is 1. The van der Waals surface area contributed by atoms with Gasteiger partial charge < -0.3 is 23.5 Å². The first kappa shape index (κ1) is 23.7. The highest BCUT2D eigenvalue weighted by Crippen LogP contribution is 2.40. The molecule has 10 heteroatoms. The summed E-state index contributed by atoms with van der Waals surface area (Å²) in [6, 6.07) is 16.5. The normalized spacial score (nSPS) is 17.9. The first-order chi connectivity index (χ1) is 17.5. The molecule has 1 atom stereocenters. The van der Waals surface area contributed by atoms with Gasteiger partial charge in [-0.3, -0.25) is 14.5 Å². The lowest BCUT2D eigenvalue weighted by atomic mass is 9.78. The van der Waals surface area contributed by atoms with E-state index in [4.69, 9.17) is 23.5 Å². The number of hydrogen-bond donors (Lipinski definition) is 0. The van der Waals surface area contributed by atoms with E-state index in [1.165, 1.54) is 0 Å². The number of benzene rings is 2. The lowest BCUT2D eigenvalue weighted by Gasteiger charge is -2.22. The van der Waals surface area contributed by atoms with Gasteiger partial charge in [0.1, 0.15) is 23.4 Å². The molecule has 0 spiro atoms. The van der Waals surface area contributed by atoms with Gasteiger partial charge in [0.2, 0.25) is 5.88 Å². The molecule has 1 aliphatic carbocycles. The average Bonchev–Trinajstić information content (AvgIpc) is 3.27. The number of pyridine rings is 1. The molecule has 2 aliphatic rings. The van der Waals surface area contributed by atoms with E-state index in [-0.39, 0.29) is 19.2 Å². The summed E-state index contributed by atoms with van der Waals surface area (Å²) in [6.45, 7) is 0.0448. The quantitative estimate of drug-likeness (QED) is 0.486. The number of nitrogens with zero attached hydrogens (tertiary/aromatic N) is 2. The SMILES string of the molecule is COc1ccc(Oc2cccc3c2CC[C@H]3Oc2ccc(B3OC(=O)CN(C)CC(=O)O3)cc2)cn1. The largest absolute Gasteiger partial charge is 0.636 e. The van der Waals surface area contributed by atoms with Gasteiger partial charge in [-0.1, -0.05) is 24.3 Å². The maximum atomic E-state index is 12.0. The molecule has 5 rings (SSSR count). The Labute approximate surface area is 209 Å². The van der Waals surface area contributed by atoms with Crippen LogP contribution in [0.3, 0.4) is 0 Å². The number of carbonyl (C=O) groups excluding carboxylic acids is 2. The van der Waals surface area contributed by atoms with Gasteiger partial charge in [-0.15, -0.1) is 0 Å². The van der Waals surface area contributed by atoms with E-state index < -0.39 is 19.1 Å². The van der Waals surface area contributed by atoms with Gasteiger partial charge in [0.15, 0.2) is 0 Å². The summed E-state index contributed by atoms with van der Waals surface area (Å²) in [4.78, 5) is 29.8. The van der Waals surface area contributed by atoms with Crippen molar-refractivity contribution in [2.75, 3.05) is 27.2 Å². The Bertz CT molecular complexity index is 1230. The van der Waals surface area contributed by atoms with Crippen molar-refractivity contribution in [1.29, 1.82) is 0 Å². The summed E-state index contributed by atoms with van der Waals surface area (Å²) in [6.07, 6.45) is 3.13. The van der Waals surface area contributed by atoms with Crippen molar-refractivity contribution in [2.24, 2.45) is 0 Å². The topological polar surface area (TPSA) is 96.4 Å². The van der Waals surface area contributed by atoms with Crippen LogP contribution in [0.4, 0.5) is 0 Å². The first-order valence-corrected chi connectivity index (χ1v) is 11.6. The minimum atomic E-state index is -1.08. The second-order valence-electron chi connectivity index (χ2n) is 8.66. The van der Waals surface area contributed by atoms with E-state index in [0.717, 1.165) is 29.7 Å². The first-order valence-electron chi connectivity index (χ1n) is 11.6. The molecule has 36 heavy (non-hydrogen) atoms. The van der Waals surface area contributed by atoms with Gasteiger partial charge in [-0.05, 0) is 49.7 Å². The Kier molecular flexibility index (Phi) is 6.77. The third kappa shape index (κ3) is 5.28. The fourth-order valence-electron chi connectivity index (χ4n) is 4.31. The summed E-state index contributed by atoms with van der Waals surface area (Å²) in [5, 5.41) is 0. The number of hydrogen-bond acceptors (Lipinski definition) is 9. The van der Waals surface area contributed by atoms with Crippen molar-refractivity contribution < 1.29 is 33.1 Å². The fraction of sp³-hybridized carbons (Fsp3) is 0.269. The standard InChI is InChI=1S/C26H25BN2O7/c1-29-15-25(30)35-27(36-26(31)16-29)17-6-8-18(9-7-17)33-23-12-11-21-20(23)4-3-5-22(21)34-19-10-13-24(32-2)28-14-19/h3-10,13-14,23H,11-12,15-16H2,1-2H3/t23-/m1/s1. The molecule has 184 valence electrons. The number of ether oxygens (including phenoxy) is 3. The molecule has 2 aromatic carbocycles. The van der Waals surface area contributed by atoms with Crippen LogP contribution in [0.25, 0.3) is 0 Å². The molecule has 0 bridgehead atoms. The molecule has 0 amide bonds. The van der Waals surface area contributed by atoms with Crippen LogP contribution in [0.2, 0.25) is 0 Å². The van der Waals surface area contributed by atoms with Crippen molar-refractivity contribution >= 4 is 24.5 Å². The zero-order valence-electron chi connectivity index (χ0n) is 20.0. The molecule has 0 saturated carbocycles. The second-order valence-corrected chi connectivity index (χ2v) is 8.66. The van der Waals surface area contributed by atoms with Crippen molar-refractivity contribution in [1.82, 2.24) is 9.88 Å². The zero-order chi connectivity index (χ0) is 25.1. The van der Waals surface area contributed by atoms with Crippen molar-refractivity contribution in [3.8, 4) is 23.1 Å². The van der Waals surface area contributed by atoms with Crippen molar-refractivity contribution in [3.05, 3.63) is 71.9 Å². The molecule has 9 nitrogen and oxygen atoms in total. The van der Waals surface area contributed by atoms with Crippen molar-refractivity contribution in [3.63, 3.8) is 0 Å². The third-order valence-corrected chi connectivity index (χ3v) is 6.02. The van der Waals surface area contributed by atoms with Crippen LogP contribution in [-0.2, 0) is 25.3 Å². The highest BCUT2D eigenvalue weighted by molar-refractivity contribution is 6.64. The van der Waals surface area contributed by atoms with E-state index in [2.05, 4.69) is 4.98 Å². The molecule has 0 unspecified atom stereocenters. The van der Waals surface area contributed by atoms with Crippen molar-refractivity contribution in [2.45, 2.75) is 18.9 Å². The Balaban J connectivity index is 1.27. The molecular weight excluding hydrogens is 463 g/mol. The number of rotatable bonds is 6. The predicted molar refractivity (Wildman–Crippen MR) is 131 cm³/mol. The van der Waals surface area contributed by atoms with Crippen LogP contribution in [0.5, 0.6) is 23.1 Å². The Morgan fingerprint density at radius 1 is 0.972 bits per heavy atom. The number of aromatic nitrogens is 1. The van der Waals surface area contributed by atoms with E-state index in [0.29, 0.717) is 22.8 Å². The average molecular weight is 488 g/mol. The van der Waals surface area contributed by atoms with Gasteiger partial charge in [0.25, 0.3) is 0 Å². The molecule has 3 aromatic rings. The predicted octanol–water partition coefficient (Wildman–Crippen LogP) is 2.68. The van der Waals surface area contributed by atoms with E-state index in [9.17, 15) is 9.59 Å². The molecule has 0 radical (unpaired) electrons. The summed E-state index contributed by atoms with van der Waals surface area (Å²) in [5.74, 6) is 1.68. The number of methoxy groups -OCH3 is 1. The summed E-state index contributed by atoms with van der Waals surface area (Å²) in [7, 11) is 2.15. The summed E-state index contributed by atoms with van der Waals surface area (Å²) < 4.78 is 28.1. The van der Waals surface area contributed by atoms with Crippen LogP contribution < -0.4 is 19.7 Å². The highest BCUT2D eigenvalue weighted by atomic mass is 16.6. The summed E-state index contributed by atoms with van der Waals surface area (Å²) in [5.41, 5.74) is 2.74. The molecule has 2 heterocycles. The van der Waals surface area contributed by atoms with Crippen LogP contribution in [0, 0.1) is 0 Å². The maximum Gasteiger partial charge on any atom is 0.636 e. The molecule has 1 aromatic heterocycles. The number of likely N-dealkylation sites (N-methyl/N-ethyl adjacent to an activating group) is 1. The van der Waals surface area contributed by atoms with Gasteiger partial charge >= 0.3 is 19.1 Å². The molecule has 0 N–H and O–H groups in total. The van der Waals surface area contributed by atoms with Crippen LogP contribution in [-0.4, -0.2) is 56.2 Å². The van der Waals surface area contributed by atoms with E-state index in [1.54, 1.807) is 55.6 Å². The Morgan fingerprint density at radius 2 is 1.69 bits per heavy atom. The van der Waals surface area contributed by atoms with E-state index >= 15 is 0 Å². The highest BCUT2D eigenvalue weighted by Gasteiger charge is 2.34. The van der Waals surface area contributed by atoms with E-state index in [1.807, 2.05) is 24.3 Å². The van der Waals surface area contributed by atoms with Gasteiger partial charge in [-0.2, -0.15) is 0 Å². The van der Waals surface area contributed by atoms with Gasteiger partial charge in [0, 0.05) is 17.1 Å². The minimum absolute atomic E-state index is 0.0224. The minimum Gasteiger partial charge on any atom is -0.494 e. The van der Waals surface area contributed by atoms with Gasteiger partial charge in [0.05, 0.1) is 26.4 Å². The second kappa shape index (κ2) is 10.3. The van der Waals surface area contributed by atoms with Gasteiger partial charge in [-0.25, -0.2) is 4.98 Å². The summed E-state index contributed by atoms with van der Waals surface area (Å²) >= 11 is 0. The van der Waals surface area contributed by atoms with Crippen LogP contribution in [0.15, 0.2) is 60.8 Å². The Morgan fingerprint density at radius 3 is 2.36 bits per heavy atom. The molecular formula is C26H25BN2O7. The monoisotopic (exact) mass is 488 g/mol. The Hall–Kier alpha value is -4.05. The lowest BCUT2D eigenvalue weighted by molar-refractivity contribution is -0.145. The third-order valence-electron chi connectivity index (χ3n) is 6.02. The molecule has 1 aliphatic heterocycles. The number of carbonyl (C=O) groups is 2. The fourth-order valence-corrected chi connectivity index (χ4v) is 4.31. The van der Waals surface area contributed by atoms with Crippen LogP contribution >= 0.6 is 0 Å². The molecule has 1 saturated heterocycles. The molecule has 1 fully saturated rings. The smallest absolute Gasteiger partial charge is 0.494 e. The zero-order valence-corrected chi connectivity index (χ0v) is 20.0.